The Kier molecular flexibility index (Phi) is 8.83. The van der Waals surface area contributed by atoms with E-state index in [4.69, 9.17) is 23.7 Å². The molecular weight excluding hydrogens is 296 g/mol. The van der Waals surface area contributed by atoms with Crippen LogP contribution in [0.25, 0.3) is 0 Å². The van der Waals surface area contributed by atoms with Gasteiger partial charge in [-0.2, -0.15) is 0 Å². The summed E-state index contributed by atoms with van der Waals surface area (Å²) < 4.78 is 30.1. The number of hydrogen-bond acceptors (Lipinski definition) is 5. The first-order chi connectivity index (χ1) is 11.3. The van der Waals surface area contributed by atoms with E-state index in [1.807, 2.05) is 0 Å². The van der Waals surface area contributed by atoms with Gasteiger partial charge in [-0.3, -0.25) is 0 Å². The van der Waals surface area contributed by atoms with Gasteiger partial charge < -0.3 is 23.7 Å². The van der Waals surface area contributed by atoms with Crippen molar-refractivity contribution in [2.24, 2.45) is 0 Å². The first-order valence-electron chi connectivity index (χ1n) is 9.43. The number of hydrogen-bond donors (Lipinski definition) is 0. The predicted octanol–water partition coefficient (Wildman–Crippen LogP) is 3.30. The lowest BCUT2D eigenvalue weighted by molar-refractivity contribution is -0.262. The summed E-state index contributed by atoms with van der Waals surface area (Å²) in [5.41, 5.74) is 0. The summed E-state index contributed by atoms with van der Waals surface area (Å²) in [6.45, 7) is 9.26. The van der Waals surface area contributed by atoms with Crippen molar-refractivity contribution in [2.45, 2.75) is 90.0 Å². The monoisotopic (exact) mass is 330 g/mol. The van der Waals surface area contributed by atoms with Gasteiger partial charge in [-0.25, -0.2) is 0 Å². The summed E-state index contributed by atoms with van der Waals surface area (Å²) in [6.07, 6.45) is 5.77. The van der Waals surface area contributed by atoms with Crippen molar-refractivity contribution < 1.29 is 23.7 Å². The van der Waals surface area contributed by atoms with E-state index in [2.05, 4.69) is 20.8 Å². The molecule has 2 rings (SSSR count). The standard InChI is InChI=1S/C18H34O5/c1-4-7-10-19-15-14-13-22-18(23-14)17(21-12-9-6-3)16(15)20-11-8-5-2/h14-18H,4-13H2,1-3H3/t14-,15?,16+,17?,18-/m1/s1. The van der Waals surface area contributed by atoms with Crippen molar-refractivity contribution in [3.8, 4) is 0 Å². The van der Waals surface area contributed by atoms with Crippen LogP contribution in [0.4, 0.5) is 0 Å². The molecule has 0 amide bonds. The van der Waals surface area contributed by atoms with Crippen LogP contribution < -0.4 is 0 Å². The Bertz CT molecular complexity index is 288. The molecule has 2 fully saturated rings. The Hall–Kier alpha value is -0.200. The minimum Gasteiger partial charge on any atom is -0.373 e. The molecule has 0 spiro atoms. The van der Waals surface area contributed by atoms with Crippen molar-refractivity contribution >= 4 is 0 Å². The molecule has 5 heteroatoms. The molecule has 2 bridgehead atoms. The summed E-state index contributed by atoms with van der Waals surface area (Å²) in [5, 5.41) is 0. The molecule has 5 nitrogen and oxygen atoms in total. The number of fused-ring (bicyclic) bond motifs is 2. The number of ether oxygens (including phenoxy) is 5. The van der Waals surface area contributed by atoms with Crippen molar-refractivity contribution in [3.63, 3.8) is 0 Å². The summed E-state index contributed by atoms with van der Waals surface area (Å²) in [7, 11) is 0. The van der Waals surface area contributed by atoms with E-state index in [1.165, 1.54) is 0 Å². The first-order valence-corrected chi connectivity index (χ1v) is 9.43. The fourth-order valence-electron chi connectivity index (χ4n) is 2.99. The second kappa shape index (κ2) is 10.6. The predicted molar refractivity (Wildman–Crippen MR) is 88.6 cm³/mol. The van der Waals surface area contributed by atoms with Gasteiger partial charge >= 0.3 is 0 Å². The van der Waals surface area contributed by atoms with Crippen LogP contribution in [-0.2, 0) is 23.7 Å². The first kappa shape index (κ1) is 19.1. The molecule has 0 aromatic rings. The fourth-order valence-corrected chi connectivity index (χ4v) is 2.99. The van der Waals surface area contributed by atoms with Gasteiger partial charge in [0, 0.05) is 19.8 Å². The lowest BCUT2D eigenvalue weighted by atomic mass is 10.00. The van der Waals surface area contributed by atoms with Crippen LogP contribution in [0, 0.1) is 0 Å². The lowest BCUT2D eigenvalue weighted by Crippen LogP contribution is -2.57. The minimum atomic E-state index is -0.311. The molecular formula is C18H34O5. The summed E-state index contributed by atoms with van der Waals surface area (Å²) in [5.74, 6) is 0. The Morgan fingerprint density at radius 3 is 1.83 bits per heavy atom. The maximum absolute atomic E-state index is 6.18. The number of rotatable bonds is 12. The van der Waals surface area contributed by atoms with Crippen LogP contribution in [-0.4, -0.2) is 57.1 Å². The van der Waals surface area contributed by atoms with Crippen LogP contribution in [0.3, 0.4) is 0 Å². The van der Waals surface area contributed by atoms with Gasteiger partial charge in [0.25, 0.3) is 0 Å². The van der Waals surface area contributed by atoms with Crippen molar-refractivity contribution in [1.82, 2.24) is 0 Å². The zero-order valence-electron chi connectivity index (χ0n) is 15.0. The average Bonchev–Trinajstić information content (AvgIpc) is 2.99. The Morgan fingerprint density at radius 1 is 0.739 bits per heavy atom. The van der Waals surface area contributed by atoms with E-state index in [-0.39, 0.29) is 30.7 Å². The van der Waals surface area contributed by atoms with E-state index >= 15 is 0 Å². The third kappa shape index (κ3) is 5.40. The molecule has 0 aliphatic carbocycles. The molecule has 0 saturated carbocycles. The highest BCUT2D eigenvalue weighted by atomic mass is 16.8. The van der Waals surface area contributed by atoms with Crippen molar-refractivity contribution in [3.05, 3.63) is 0 Å². The van der Waals surface area contributed by atoms with Gasteiger partial charge in [-0.15, -0.1) is 0 Å². The van der Waals surface area contributed by atoms with Gasteiger partial charge in [0.05, 0.1) is 6.61 Å². The van der Waals surface area contributed by atoms with Gasteiger partial charge in [0.1, 0.15) is 24.4 Å². The Balaban J connectivity index is 1.99. The molecule has 2 saturated heterocycles. The zero-order chi connectivity index (χ0) is 16.5. The summed E-state index contributed by atoms with van der Waals surface area (Å²) >= 11 is 0. The molecule has 2 unspecified atom stereocenters. The van der Waals surface area contributed by atoms with Crippen molar-refractivity contribution in [1.29, 1.82) is 0 Å². The minimum absolute atomic E-state index is 0.0329. The topological polar surface area (TPSA) is 46.2 Å². The molecule has 0 radical (unpaired) electrons. The van der Waals surface area contributed by atoms with Crippen LogP contribution >= 0.6 is 0 Å². The highest BCUT2D eigenvalue weighted by Crippen LogP contribution is 2.34. The van der Waals surface area contributed by atoms with Gasteiger partial charge in [0.15, 0.2) is 6.29 Å². The molecule has 136 valence electrons. The van der Waals surface area contributed by atoms with Gasteiger partial charge in [-0.05, 0) is 19.3 Å². The quantitative estimate of drug-likeness (QED) is 0.514. The van der Waals surface area contributed by atoms with Crippen LogP contribution in [0.5, 0.6) is 0 Å². The highest BCUT2D eigenvalue weighted by Gasteiger charge is 2.52. The molecule has 23 heavy (non-hydrogen) atoms. The van der Waals surface area contributed by atoms with Gasteiger partial charge in [0.2, 0.25) is 0 Å². The van der Waals surface area contributed by atoms with E-state index in [0.717, 1.165) is 51.7 Å². The highest BCUT2D eigenvalue weighted by molar-refractivity contribution is 4.96. The third-order valence-electron chi connectivity index (χ3n) is 4.44. The number of unbranched alkanes of at least 4 members (excludes halogenated alkanes) is 3. The normalized spacial score (nSPS) is 33.3. The van der Waals surface area contributed by atoms with Gasteiger partial charge in [-0.1, -0.05) is 40.0 Å². The van der Waals surface area contributed by atoms with Crippen LogP contribution in [0.15, 0.2) is 0 Å². The molecule has 2 heterocycles. The molecule has 0 aromatic carbocycles. The molecule has 0 N–H and O–H groups in total. The zero-order valence-corrected chi connectivity index (χ0v) is 15.0. The summed E-state index contributed by atoms with van der Waals surface area (Å²) in [6, 6.07) is 0. The second-order valence-electron chi connectivity index (χ2n) is 6.44. The Morgan fingerprint density at radius 2 is 1.26 bits per heavy atom. The second-order valence-corrected chi connectivity index (χ2v) is 6.44. The summed E-state index contributed by atoms with van der Waals surface area (Å²) in [4.78, 5) is 0. The van der Waals surface area contributed by atoms with E-state index < -0.39 is 0 Å². The lowest BCUT2D eigenvalue weighted by Gasteiger charge is -2.40. The van der Waals surface area contributed by atoms with E-state index in [9.17, 15) is 0 Å². The molecule has 2 aliphatic rings. The smallest absolute Gasteiger partial charge is 0.187 e. The maximum atomic E-state index is 6.18. The molecule has 0 aromatic heterocycles. The average molecular weight is 330 g/mol. The Labute approximate surface area is 140 Å². The maximum Gasteiger partial charge on any atom is 0.187 e. The third-order valence-corrected chi connectivity index (χ3v) is 4.44. The SMILES string of the molecule is CCCCOC1[C@@H]2OC[C@@H](O2)C(OCCCC)[C@@H]1OCCCC. The van der Waals surface area contributed by atoms with Crippen molar-refractivity contribution in [2.75, 3.05) is 26.4 Å². The van der Waals surface area contributed by atoms with E-state index in [1.54, 1.807) is 0 Å². The van der Waals surface area contributed by atoms with Crippen LogP contribution in [0.1, 0.15) is 59.3 Å². The fraction of sp³-hybridized carbons (Fsp3) is 1.00. The van der Waals surface area contributed by atoms with E-state index in [0.29, 0.717) is 13.2 Å². The molecule has 5 atom stereocenters. The largest absolute Gasteiger partial charge is 0.373 e. The molecule has 2 aliphatic heterocycles. The van der Waals surface area contributed by atoms with Crippen LogP contribution in [0.2, 0.25) is 0 Å².